The van der Waals surface area contributed by atoms with Crippen LogP contribution in [0, 0.1) is 0 Å². The summed E-state index contributed by atoms with van der Waals surface area (Å²) in [6, 6.07) is 13.7. The Labute approximate surface area is 158 Å². The number of aryl methyl sites for hydroxylation is 2. The van der Waals surface area contributed by atoms with E-state index in [2.05, 4.69) is 62.5 Å². The number of thioether (sulfide) groups is 1. The van der Waals surface area contributed by atoms with Crippen molar-refractivity contribution >= 4 is 11.8 Å². The maximum absolute atomic E-state index is 3.34. The van der Waals surface area contributed by atoms with Crippen molar-refractivity contribution in [3.63, 3.8) is 0 Å². The van der Waals surface area contributed by atoms with Crippen molar-refractivity contribution < 1.29 is 0 Å². The third-order valence-corrected chi connectivity index (χ3v) is 5.80. The van der Waals surface area contributed by atoms with Crippen molar-refractivity contribution in [2.45, 2.75) is 71.4 Å². The van der Waals surface area contributed by atoms with Gasteiger partial charge < -0.3 is 5.32 Å². The second-order valence-corrected chi connectivity index (χ2v) is 7.82. The van der Waals surface area contributed by atoms with Gasteiger partial charge in [-0.3, -0.25) is 0 Å². The van der Waals surface area contributed by atoms with Gasteiger partial charge in [-0.05, 0) is 52.6 Å². The number of hydrogen-bond donors (Lipinski definition) is 1. The van der Waals surface area contributed by atoms with E-state index < -0.39 is 0 Å². The molecule has 2 heterocycles. The summed E-state index contributed by atoms with van der Waals surface area (Å²) in [6.45, 7) is 12.8. The molecular formula is C23H33NS. The normalized spacial score (nSPS) is 14.2. The average Bonchev–Trinajstić information content (AvgIpc) is 3.31. The SMILES string of the molecule is CC.CC(C)c1ccc2c(c1)SCC2.CCc1ccc2c(c1)CNC2. The molecule has 1 nitrogen and oxygen atoms in total. The molecule has 2 heteroatoms. The van der Waals surface area contributed by atoms with Crippen LogP contribution >= 0.6 is 11.8 Å². The fourth-order valence-corrected chi connectivity index (χ4v) is 4.23. The van der Waals surface area contributed by atoms with Crippen LogP contribution in [0.3, 0.4) is 0 Å². The van der Waals surface area contributed by atoms with E-state index in [0.717, 1.165) is 19.5 Å². The van der Waals surface area contributed by atoms with Gasteiger partial charge in [-0.2, -0.15) is 0 Å². The first-order chi connectivity index (χ1) is 12.2. The zero-order chi connectivity index (χ0) is 18.2. The van der Waals surface area contributed by atoms with Crippen LogP contribution in [-0.2, 0) is 25.9 Å². The molecule has 0 bridgehead atoms. The van der Waals surface area contributed by atoms with Crippen LogP contribution in [0.25, 0.3) is 0 Å². The van der Waals surface area contributed by atoms with Crippen LogP contribution in [0.5, 0.6) is 0 Å². The van der Waals surface area contributed by atoms with E-state index in [9.17, 15) is 0 Å². The molecule has 0 aromatic heterocycles. The Hall–Kier alpha value is -1.25. The molecule has 0 unspecified atom stereocenters. The van der Waals surface area contributed by atoms with Crippen LogP contribution in [0.2, 0.25) is 0 Å². The van der Waals surface area contributed by atoms with Crippen LogP contribution in [0.4, 0.5) is 0 Å². The smallest absolute Gasteiger partial charge is 0.0212 e. The molecule has 2 aliphatic rings. The first kappa shape index (κ1) is 20.1. The number of benzene rings is 2. The second kappa shape index (κ2) is 10.0. The topological polar surface area (TPSA) is 12.0 Å². The molecule has 0 radical (unpaired) electrons. The maximum atomic E-state index is 3.34. The van der Waals surface area contributed by atoms with Crippen LogP contribution < -0.4 is 5.32 Å². The highest BCUT2D eigenvalue weighted by molar-refractivity contribution is 7.99. The van der Waals surface area contributed by atoms with Crippen molar-refractivity contribution in [3.05, 3.63) is 64.2 Å². The Morgan fingerprint density at radius 1 is 0.960 bits per heavy atom. The predicted octanol–water partition coefficient (Wildman–Crippen LogP) is 6.34. The van der Waals surface area contributed by atoms with Gasteiger partial charge in [-0.1, -0.05) is 65.0 Å². The summed E-state index contributed by atoms with van der Waals surface area (Å²) >= 11 is 2.00. The Balaban J connectivity index is 0.000000165. The first-order valence-electron chi connectivity index (χ1n) is 9.74. The van der Waals surface area contributed by atoms with Crippen molar-refractivity contribution in [1.82, 2.24) is 5.32 Å². The molecule has 0 saturated heterocycles. The summed E-state index contributed by atoms with van der Waals surface area (Å²) in [5, 5.41) is 3.34. The third kappa shape index (κ3) is 5.36. The lowest BCUT2D eigenvalue weighted by Crippen LogP contribution is -1.99. The molecule has 136 valence electrons. The van der Waals surface area contributed by atoms with E-state index in [-0.39, 0.29) is 0 Å². The Morgan fingerprint density at radius 2 is 1.68 bits per heavy atom. The van der Waals surface area contributed by atoms with E-state index in [0.29, 0.717) is 5.92 Å². The molecule has 0 aliphatic carbocycles. The molecule has 0 amide bonds. The molecular weight excluding hydrogens is 322 g/mol. The van der Waals surface area contributed by atoms with Gasteiger partial charge in [0.05, 0.1) is 0 Å². The van der Waals surface area contributed by atoms with Gasteiger partial charge in [0.1, 0.15) is 0 Å². The van der Waals surface area contributed by atoms with E-state index in [1.165, 1.54) is 39.3 Å². The fourth-order valence-electron chi connectivity index (χ4n) is 3.11. The molecule has 2 aliphatic heterocycles. The molecule has 25 heavy (non-hydrogen) atoms. The number of fused-ring (bicyclic) bond motifs is 2. The van der Waals surface area contributed by atoms with Crippen LogP contribution in [-0.4, -0.2) is 5.75 Å². The number of nitrogens with one attached hydrogen (secondary N) is 1. The predicted molar refractivity (Wildman–Crippen MR) is 113 cm³/mol. The zero-order valence-electron chi connectivity index (χ0n) is 16.5. The fraction of sp³-hybridized carbons (Fsp3) is 0.478. The van der Waals surface area contributed by atoms with E-state index in [1.54, 1.807) is 5.56 Å². The summed E-state index contributed by atoms with van der Waals surface area (Å²) in [7, 11) is 0. The largest absolute Gasteiger partial charge is 0.309 e. The minimum Gasteiger partial charge on any atom is -0.309 e. The molecule has 2 aromatic rings. The standard InChI is InChI=1S/C11H14S.C10H13N.C2H6/c1-8(2)10-4-3-9-5-6-12-11(9)7-10;1-2-8-3-4-9-6-11-7-10(9)5-8;1-2/h3-4,7-8H,5-6H2,1-2H3;3-5,11H,2,6-7H2,1H3;1-2H3. The lowest BCUT2D eigenvalue weighted by Gasteiger charge is -2.06. The van der Waals surface area contributed by atoms with Gasteiger partial charge in [0.2, 0.25) is 0 Å². The zero-order valence-corrected chi connectivity index (χ0v) is 17.3. The quantitative estimate of drug-likeness (QED) is 0.675. The van der Waals surface area contributed by atoms with Gasteiger partial charge in [0.25, 0.3) is 0 Å². The van der Waals surface area contributed by atoms with E-state index in [4.69, 9.17) is 0 Å². The molecule has 0 fully saturated rings. The van der Waals surface area contributed by atoms with Crippen molar-refractivity contribution in [2.75, 3.05) is 5.75 Å². The van der Waals surface area contributed by atoms with Crippen molar-refractivity contribution in [3.8, 4) is 0 Å². The lowest BCUT2D eigenvalue weighted by atomic mass is 10.0. The van der Waals surface area contributed by atoms with Crippen LogP contribution in [0.1, 0.15) is 68.4 Å². The molecule has 1 N–H and O–H groups in total. The average molecular weight is 356 g/mol. The van der Waals surface area contributed by atoms with E-state index in [1.807, 2.05) is 25.6 Å². The van der Waals surface area contributed by atoms with Gasteiger partial charge >= 0.3 is 0 Å². The van der Waals surface area contributed by atoms with Gasteiger partial charge in [0, 0.05) is 23.7 Å². The Kier molecular flexibility index (Phi) is 8.05. The van der Waals surface area contributed by atoms with Gasteiger partial charge in [-0.25, -0.2) is 0 Å². The highest BCUT2D eigenvalue weighted by Crippen LogP contribution is 2.33. The monoisotopic (exact) mass is 355 g/mol. The Morgan fingerprint density at radius 3 is 2.40 bits per heavy atom. The van der Waals surface area contributed by atoms with Gasteiger partial charge in [-0.15, -0.1) is 11.8 Å². The van der Waals surface area contributed by atoms with E-state index >= 15 is 0 Å². The summed E-state index contributed by atoms with van der Waals surface area (Å²) in [5.74, 6) is 1.94. The lowest BCUT2D eigenvalue weighted by molar-refractivity contribution is 0.764. The van der Waals surface area contributed by atoms with Crippen LogP contribution in [0.15, 0.2) is 41.3 Å². The number of hydrogen-bond acceptors (Lipinski definition) is 2. The third-order valence-electron chi connectivity index (χ3n) is 4.70. The second-order valence-electron chi connectivity index (χ2n) is 6.68. The number of rotatable bonds is 2. The summed E-state index contributed by atoms with van der Waals surface area (Å²) < 4.78 is 0. The molecule has 0 saturated carbocycles. The molecule has 0 spiro atoms. The molecule has 0 atom stereocenters. The van der Waals surface area contributed by atoms with Gasteiger partial charge in [0.15, 0.2) is 0 Å². The maximum Gasteiger partial charge on any atom is 0.0212 e. The van der Waals surface area contributed by atoms with Crippen molar-refractivity contribution in [2.24, 2.45) is 0 Å². The highest BCUT2D eigenvalue weighted by atomic mass is 32.2. The Bertz CT molecular complexity index is 676. The minimum atomic E-state index is 0.663. The summed E-state index contributed by atoms with van der Waals surface area (Å²) in [5.41, 5.74) is 7.44. The highest BCUT2D eigenvalue weighted by Gasteiger charge is 2.12. The summed E-state index contributed by atoms with van der Waals surface area (Å²) in [4.78, 5) is 1.52. The molecule has 4 rings (SSSR count). The summed E-state index contributed by atoms with van der Waals surface area (Å²) in [6.07, 6.45) is 2.41. The minimum absolute atomic E-state index is 0.663. The molecule has 2 aromatic carbocycles. The first-order valence-corrected chi connectivity index (χ1v) is 10.7. The van der Waals surface area contributed by atoms with Crippen molar-refractivity contribution in [1.29, 1.82) is 0 Å².